The first-order chi connectivity index (χ1) is 10.1. The Kier molecular flexibility index (Phi) is 4.27. The summed E-state index contributed by atoms with van der Waals surface area (Å²) in [5, 5.41) is 4.41. The summed E-state index contributed by atoms with van der Waals surface area (Å²) < 4.78 is 13.2. The van der Waals surface area contributed by atoms with E-state index in [4.69, 9.17) is 11.6 Å². The SMILES string of the molecule is CC(NC1CC(c2cccc(F)c2)C1)c1ccccc1Cl. The average molecular weight is 304 g/mol. The fraction of sp³-hybridized carbons (Fsp3) is 0.333. The zero-order valence-electron chi connectivity index (χ0n) is 12.0. The predicted molar refractivity (Wildman–Crippen MR) is 85.2 cm³/mol. The fourth-order valence-corrected chi connectivity index (χ4v) is 3.36. The highest BCUT2D eigenvalue weighted by Gasteiger charge is 2.31. The second-order valence-electron chi connectivity index (χ2n) is 5.83. The molecule has 2 aromatic rings. The molecule has 1 nitrogen and oxygen atoms in total. The second-order valence-corrected chi connectivity index (χ2v) is 6.24. The van der Waals surface area contributed by atoms with Crippen LogP contribution in [-0.2, 0) is 0 Å². The van der Waals surface area contributed by atoms with Crippen molar-refractivity contribution in [3.8, 4) is 0 Å². The van der Waals surface area contributed by atoms with Crippen LogP contribution in [0, 0.1) is 5.82 Å². The van der Waals surface area contributed by atoms with Gasteiger partial charge in [0.05, 0.1) is 0 Å². The van der Waals surface area contributed by atoms with Crippen LogP contribution in [0.5, 0.6) is 0 Å². The summed E-state index contributed by atoms with van der Waals surface area (Å²) in [5.74, 6) is 0.324. The van der Waals surface area contributed by atoms with Gasteiger partial charge in [0, 0.05) is 17.1 Å². The molecule has 0 amide bonds. The summed E-state index contributed by atoms with van der Waals surface area (Å²) in [6, 6.07) is 15.6. The number of rotatable bonds is 4. The molecule has 0 heterocycles. The van der Waals surface area contributed by atoms with Gasteiger partial charge in [-0.2, -0.15) is 0 Å². The van der Waals surface area contributed by atoms with E-state index >= 15 is 0 Å². The lowest BCUT2D eigenvalue weighted by Gasteiger charge is -2.38. The van der Waals surface area contributed by atoms with Crippen LogP contribution in [-0.4, -0.2) is 6.04 Å². The average Bonchev–Trinajstić information content (AvgIpc) is 2.42. The van der Waals surface area contributed by atoms with E-state index in [-0.39, 0.29) is 11.9 Å². The molecule has 3 heteroatoms. The summed E-state index contributed by atoms with van der Waals surface area (Å²) in [6.07, 6.45) is 2.11. The van der Waals surface area contributed by atoms with Gasteiger partial charge in [0.1, 0.15) is 5.82 Å². The monoisotopic (exact) mass is 303 g/mol. The van der Waals surface area contributed by atoms with Crippen LogP contribution < -0.4 is 5.32 Å². The molecule has 0 aromatic heterocycles. The maximum absolute atomic E-state index is 13.2. The molecular formula is C18H19ClFN. The highest BCUT2D eigenvalue weighted by molar-refractivity contribution is 6.31. The van der Waals surface area contributed by atoms with Gasteiger partial charge < -0.3 is 5.32 Å². The molecular weight excluding hydrogens is 285 g/mol. The fourth-order valence-electron chi connectivity index (χ4n) is 3.06. The minimum Gasteiger partial charge on any atom is -0.307 e. The molecule has 0 bridgehead atoms. The van der Waals surface area contributed by atoms with Gasteiger partial charge in [-0.05, 0) is 55.0 Å². The smallest absolute Gasteiger partial charge is 0.123 e. The quantitative estimate of drug-likeness (QED) is 0.831. The normalized spacial score (nSPS) is 22.6. The minimum absolute atomic E-state index is 0.145. The number of hydrogen-bond acceptors (Lipinski definition) is 1. The zero-order chi connectivity index (χ0) is 14.8. The van der Waals surface area contributed by atoms with Crippen LogP contribution in [0.2, 0.25) is 5.02 Å². The molecule has 1 aliphatic rings. The topological polar surface area (TPSA) is 12.0 Å². The number of nitrogens with one attached hydrogen (secondary N) is 1. The van der Waals surface area contributed by atoms with Crippen molar-refractivity contribution in [1.82, 2.24) is 5.32 Å². The van der Waals surface area contributed by atoms with E-state index in [0.29, 0.717) is 12.0 Å². The first-order valence-electron chi connectivity index (χ1n) is 7.39. The summed E-state index contributed by atoms with van der Waals surface area (Å²) in [6.45, 7) is 2.14. The highest BCUT2D eigenvalue weighted by atomic mass is 35.5. The Hall–Kier alpha value is -1.38. The lowest BCUT2D eigenvalue weighted by molar-refractivity contribution is 0.270. The highest BCUT2D eigenvalue weighted by Crippen LogP contribution is 2.38. The van der Waals surface area contributed by atoms with Crippen LogP contribution >= 0.6 is 11.6 Å². The van der Waals surface area contributed by atoms with Gasteiger partial charge in [0.2, 0.25) is 0 Å². The van der Waals surface area contributed by atoms with E-state index in [1.165, 1.54) is 6.07 Å². The summed E-state index contributed by atoms with van der Waals surface area (Å²) in [5.41, 5.74) is 2.24. The van der Waals surface area contributed by atoms with E-state index < -0.39 is 0 Å². The van der Waals surface area contributed by atoms with Crippen LogP contribution in [0.1, 0.15) is 42.9 Å². The van der Waals surface area contributed by atoms with Gasteiger partial charge in [0.15, 0.2) is 0 Å². The van der Waals surface area contributed by atoms with Crippen LogP contribution in [0.3, 0.4) is 0 Å². The van der Waals surface area contributed by atoms with E-state index in [9.17, 15) is 4.39 Å². The first kappa shape index (κ1) is 14.6. The maximum Gasteiger partial charge on any atom is 0.123 e. The van der Waals surface area contributed by atoms with E-state index in [0.717, 1.165) is 29.0 Å². The van der Waals surface area contributed by atoms with Crippen molar-refractivity contribution in [2.45, 2.75) is 37.8 Å². The molecule has 1 atom stereocenters. The largest absolute Gasteiger partial charge is 0.307 e. The van der Waals surface area contributed by atoms with Gasteiger partial charge in [-0.15, -0.1) is 0 Å². The lowest BCUT2D eigenvalue weighted by Crippen LogP contribution is -2.41. The van der Waals surface area contributed by atoms with Crippen LogP contribution in [0.4, 0.5) is 4.39 Å². The summed E-state index contributed by atoms with van der Waals surface area (Å²) in [4.78, 5) is 0. The zero-order valence-corrected chi connectivity index (χ0v) is 12.8. The Morgan fingerprint density at radius 1 is 1.14 bits per heavy atom. The van der Waals surface area contributed by atoms with Crippen molar-refractivity contribution in [3.05, 3.63) is 70.5 Å². The Balaban J connectivity index is 1.56. The van der Waals surface area contributed by atoms with E-state index in [2.05, 4.69) is 18.3 Å². The molecule has 0 aliphatic heterocycles. The van der Waals surface area contributed by atoms with Crippen LogP contribution in [0.15, 0.2) is 48.5 Å². The molecule has 1 fully saturated rings. The number of benzene rings is 2. The molecule has 1 N–H and O–H groups in total. The summed E-state index contributed by atoms with van der Waals surface area (Å²) >= 11 is 6.22. The van der Waals surface area contributed by atoms with Gasteiger partial charge in [-0.25, -0.2) is 4.39 Å². The van der Waals surface area contributed by atoms with Crippen molar-refractivity contribution in [2.24, 2.45) is 0 Å². The molecule has 2 aromatic carbocycles. The third-order valence-corrected chi connectivity index (χ3v) is 4.66. The molecule has 110 valence electrons. The Morgan fingerprint density at radius 3 is 2.62 bits per heavy atom. The van der Waals surface area contributed by atoms with Gasteiger partial charge in [-0.1, -0.05) is 41.9 Å². The molecule has 1 unspecified atom stereocenters. The third-order valence-electron chi connectivity index (χ3n) is 4.32. The minimum atomic E-state index is -0.145. The molecule has 0 spiro atoms. The van der Waals surface area contributed by atoms with Crippen molar-refractivity contribution in [3.63, 3.8) is 0 Å². The molecule has 1 saturated carbocycles. The van der Waals surface area contributed by atoms with E-state index in [1.807, 2.05) is 24.3 Å². The molecule has 1 aliphatic carbocycles. The van der Waals surface area contributed by atoms with E-state index in [1.54, 1.807) is 12.1 Å². The standard InChI is InChI=1S/C18H19ClFN/c1-12(17-7-2-3-8-18(17)19)21-16-10-14(11-16)13-5-4-6-15(20)9-13/h2-9,12,14,16,21H,10-11H2,1H3. The first-order valence-corrected chi connectivity index (χ1v) is 7.77. The van der Waals surface area contributed by atoms with Crippen molar-refractivity contribution in [1.29, 1.82) is 0 Å². The molecule has 3 rings (SSSR count). The van der Waals surface area contributed by atoms with Crippen molar-refractivity contribution in [2.75, 3.05) is 0 Å². The Labute approximate surface area is 130 Å². The molecule has 0 saturated heterocycles. The summed E-state index contributed by atoms with van der Waals surface area (Å²) in [7, 11) is 0. The Morgan fingerprint density at radius 2 is 1.90 bits per heavy atom. The predicted octanol–water partition coefficient (Wildman–Crippen LogP) is 5.08. The van der Waals surface area contributed by atoms with Gasteiger partial charge >= 0.3 is 0 Å². The number of halogens is 2. The lowest BCUT2D eigenvalue weighted by atomic mass is 9.75. The maximum atomic E-state index is 13.2. The van der Waals surface area contributed by atoms with Gasteiger partial charge in [-0.3, -0.25) is 0 Å². The Bertz CT molecular complexity index is 622. The van der Waals surface area contributed by atoms with Crippen LogP contribution in [0.25, 0.3) is 0 Å². The third kappa shape index (κ3) is 3.28. The van der Waals surface area contributed by atoms with Crippen molar-refractivity contribution < 1.29 is 4.39 Å². The second kappa shape index (κ2) is 6.17. The van der Waals surface area contributed by atoms with Gasteiger partial charge in [0.25, 0.3) is 0 Å². The number of hydrogen-bond donors (Lipinski definition) is 1. The molecule has 21 heavy (non-hydrogen) atoms. The van der Waals surface area contributed by atoms with Crippen molar-refractivity contribution >= 4 is 11.6 Å². The molecule has 0 radical (unpaired) electrons.